The average molecular weight is 383 g/mol. The van der Waals surface area contributed by atoms with E-state index in [-0.39, 0.29) is 16.1 Å². The van der Waals surface area contributed by atoms with E-state index in [0.29, 0.717) is 4.47 Å². The van der Waals surface area contributed by atoms with Crippen molar-refractivity contribution >= 4 is 27.5 Å². The van der Waals surface area contributed by atoms with Crippen LogP contribution in [-0.4, -0.2) is 0 Å². The molecule has 0 fully saturated rings. The first kappa shape index (κ1) is 16.3. The molecule has 7 heteroatoms. The van der Waals surface area contributed by atoms with Gasteiger partial charge in [-0.25, -0.2) is 4.39 Å². The standard InChI is InChI=1S/C14H9BrClF4N/c15-10-6-12(17)8(5-11(10)16)13(21)7-3-1-2-4-9(7)14(18,19)20/h1-6,13H,21H2. The Bertz CT molecular complexity index is 673. The minimum Gasteiger partial charge on any atom is -0.320 e. The van der Waals surface area contributed by atoms with Crippen LogP contribution in [0.4, 0.5) is 17.6 Å². The van der Waals surface area contributed by atoms with Crippen LogP contribution in [0.25, 0.3) is 0 Å². The van der Waals surface area contributed by atoms with Crippen molar-refractivity contribution in [2.45, 2.75) is 12.2 Å². The Hall–Kier alpha value is -1.11. The number of nitrogens with two attached hydrogens (primary N) is 1. The Morgan fingerprint density at radius 3 is 2.33 bits per heavy atom. The summed E-state index contributed by atoms with van der Waals surface area (Å²) in [6.07, 6.45) is -4.57. The van der Waals surface area contributed by atoms with Gasteiger partial charge in [0.15, 0.2) is 0 Å². The first-order chi connectivity index (χ1) is 9.71. The zero-order valence-electron chi connectivity index (χ0n) is 10.4. The monoisotopic (exact) mass is 381 g/mol. The molecule has 112 valence electrons. The number of rotatable bonds is 2. The van der Waals surface area contributed by atoms with Gasteiger partial charge in [0.25, 0.3) is 0 Å². The van der Waals surface area contributed by atoms with Crippen LogP contribution in [0.2, 0.25) is 5.02 Å². The van der Waals surface area contributed by atoms with Crippen molar-refractivity contribution in [2.24, 2.45) is 5.73 Å². The van der Waals surface area contributed by atoms with Gasteiger partial charge in [-0.15, -0.1) is 0 Å². The molecule has 0 heterocycles. The van der Waals surface area contributed by atoms with Gasteiger partial charge in [0.2, 0.25) is 0 Å². The second kappa shape index (κ2) is 5.94. The van der Waals surface area contributed by atoms with Gasteiger partial charge >= 0.3 is 6.18 Å². The van der Waals surface area contributed by atoms with Crippen LogP contribution in [0.3, 0.4) is 0 Å². The fraction of sp³-hybridized carbons (Fsp3) is 0.143. The van der Waals surface area contributed by atoms with Crippen LogP contribution in [0.5, 0.6) is 0 Å². The lowest BCUT2D eigenvalue weighted by Crippen LogP contribution is -2.19. The summed E-state index contributed by atoms with van der Waals surface area (Å²) in [6.45, 7) is 0. The van der Waals surface area contributed by atoms with Crippen LogP contribution >= 0.6 is 27.5 Å². The molecule has 0 aliphatic carbocycles. The number of benzene rings is 2. The maximum Gasteiger partial charge on any atom is 0.416 e. The van der Waals surface area contributed by atoms with Gasteiger partial charge in [0.1, 0.15) is 5.82 Å². The molecule has 0 aliphatic heterocycles. The van der Waals surface area contributed by atoms with Gasteiger partial charge in [0, 0.05) is 10.0 Å². The molecule has 0 saturated heterocycles. The summed E-state index contributed by atoms with van der Waals surface area (Å²) < 4.78 is 53.2. The smallest absolute Gasteiger partial charge is 0.320 e. The third-order valence-electron chi connectivity index (χ3n) is 2.98. The van der Waals surface area contributed by atoms with Gasteiger partial charge in [0.05, 0.1) is 16.6 Å². The molecule has 0 aromatic heterocycles. The summed E-state index contributed by atoms with van der Waals surface area (Å²) in [4.78, 5) is 0. The van der Waals surface area contributed by atoms with Crippen molar-refractivity contribution in [3.05, 3.63) is 68.4 Å². The molecule has 0 spiro atoms. The van der Waals surface area contributed by atoms with E-state index in [1.54, 1.807) is 0 Å². The first-order valence-corrected chi connectivity index (χ1v) is 6.95. The molecule has 1 unspecified atom stereocenters. The van der Waals surface area contributed by atoms with E-state index in [1.165, 1.54) is 24.3 Å². The molecular formula is C14H9BrClF4N. The Kier molecular flexibility index (Phi) is 4.60. The lowest BCUT2D eigenvalue weighted by Gasteiger charge is -2.19. The molecule has 0 radical (unpaired) electrons. The fourth-order valence-corrected chi connectivity index (χ4v) is 2.46. The highest BCUT2D eigenvalue weighted by Gasteiger charge is 2.35. The number of halogens is 6. The predicted octanol–water partition coefficient (Wildman–Crippen LogP) is 5.31. The van der Waals surface area contributed by atoms with Gasteiger partial charge in [-0.3, -0.25) is 0 Å². The summed E-state index contributed by atoms with van der Waals surface area (Å²) in [7, 11) is 0. The quantitative estimate of drug-likeness (QED) is 0.553. The fourth-order valence-electron chi connectivity index (χ4n) is 1.97. The lowest BCUT2D eigenvalue weighted by atomic mass is 9.94. The molecule has 2 aromatic carbocycles. The molecule has 0 aliphatic rings. The SMILES string of the molecule is NC(c1cc(Cl)c(Br)cc1F)c1ccccc1C(F)(F)F. The van der Waals surface area contributed by atoms with E-state index < -0.39 is 23.6 Å². The lowest BCUT2D eigenvalue weighted by molar-refractivity contribution is -0.138. The first-order valence-electron chi connectivity index (χ1n) is 5.78. The van der Waals surface area contributed by atoms with Crippen molar-refractivity contribution in [1.29, 1.82) is 0 Å². The highest BCUT2D eigenvalue weighted by atomic mass is 79.9. The van der Waals surface area contributed by atoms with Crippen molar-refractivity contribution in [3.63, 3.8) is 0 Å². The van der Waals surface area contributed by atoms with Crippen molar-refractivity contribution in [2.75, 3.05) is 0 Å². The Morgan fingerprint density at radius 1 is 1.10 bits per heavy atom. The Labute approximate surface area is 131 Å². The number of alkyl halides is 3. The normalized spacial score (nSPS) is 13.3. The molecule has 0 saturated carbocycles. The molecule has 0 bridgehead atoms. The van der Waals surface area contributed by atoms with Crippen LogP contribution < -0.4 is 5.73 Å². The molecule has 2 rings (SSSR count). The maximum absolute atomic E-state index is 13.9. The van der Waals surface area contributed by atoms with Gasteiger partial charge < -0.3 is 5.73 Å². The minimum absolute atomic E-state index is 0.0973. The summed E-state index contributed by atoms with van der Waals surface area (Å²) in [5, 5.41) is 0.173. The van der Waals surface area contributed by atoms with E-state index in [2.05, 4.69) is 15.9 Å². The molecule has 2 aromatic rings. The van der Waals surface area contributed by atoms with Crippen LogP contribution in [0.15, 0.2) is 40.9 Å². The van der Waals surface area contributed by atoms with Crippen molar-refractivity contribution in [3.8, 4) is 0 Å². The zero-order chi connectivity index (χ0) is 15.8. The van der Waals surface area contributed by atoms with Crippen molar-refractivity contribution in [1.82, 2.24) is 0 Å². The number of hydrogen-bond acceptors (Lipinski definition) is 1. The second-order valence-electron chi connectivity index (χ2n) is 4.35. The minimum atomic E-state index is -4.57. The Balaban J connectivity index is 2.56. The third kappa shape index (κ3) is 3.39. The van der Waals surface area contributed by atoms with E-state index in [1.807, 2.05) is 0 Å². The zero-order valence-corrected chi connectivity index (χ0v) is 12.7. The summed E-state index contributed by atoms with van der Waals surface area (Å²) in [6, 6.07) is 5.84. The van der Waals surface area contributed by atoms with E-state index in [9.17, 15) is 17.6 Å². The second-order valence-corrected chi connectivity index (χ2v) is 5.61. The molecular weight excluding hydrogens is 374 g/mol. The molecule has 1 nitrogen and oxygen atoms in total. The van der Waals surface area contributed by atoms with Crippen LogP contribution in [-0.2, 0) is 6.18 Å². The van der Waals surface area contributed by atoms with E-state index in [0.717, 1.165) is 12.1 Å². The summed E-state index contributed by atoms with van der Waals surface area (Å²) in [5.74, 6) is -0.726. The third-order valence-corrected chi connectivity index (χ3v) is 4.17. The largest absolute Gasteiger partial charge is 0.416 e. The van der Waals surface area contributed by atoms with E-state index >= 15 is 0 Å². The molecule has 0 amide bonds. The van der Waals surface area contributed by atoms with Crippen LogP contribution in [0.1, 0.15) is 22.7 Å². The average Bonchev–Trinajstić information content (AvgIpc) is 2.41. The van der Waals surface area contributed by atoms with Crippen molar-refractivity contribution < 1.29 is 17.6 Å². The Morgan fingerprint density at radius 2 is 1.71 bits per heavy atom. The number of hydrogen-bond donors (Lipinski definition) is 1. The highest BCUT2D eigenvalue weighted by Crippen LogP contribution is 2.37. The van der Waals surface area contributed by atoms with E-state index in [4.69, 9.17) is 17.3 Å². The molecule has 1 atom stereocenters. The molecule has 21 heavy (non-hydrogen) atoms. The highest BCUT2D eigenvalue weighted by molar-refractivity contribution is 9.10. The van der Waals surface area contributed by atoms with Gasteiger partial charge in [-0.1, -0.05) is 29.8 Å². The summed E-state index contributed by atoms with van der Waals surface area (Å²) >= 11 is 8.89. The topological polar surface area (TPSA) is 26.0 Å². The van der Waals surface area contributed by atoms with Gasteiger partial charge in [-0.05, 0) is 39.7 Å². The predicted molar refractivity (Wildman–Crippen MR) is 76.6 cm³/mol. The van der Waals surface area contributed by atoms with Gasteiger partial charge in [-0.2, -0.15) is 13.2 Å². The summed E-state index contributed by atoms with van der Waals surface area (Å²) in [5.41, 5.74) is 4.62. The molecule has 2 N–H and O–H groups in total. The van der Waals surface area contributed by atoms with Crippen LogP contribution in [0, 0.1) is 5.82 Å². The maximum atomic E-state index is 13.9.